The number of anilines is 1. The van der Waals surface area contributed by atoms with E-state index in [9.17, 15) is 9.59 Å². The lowest BCUT2D eigenvalue weighted by molar-refractivity contribution is -0.116. The second-order valence-electron chi connectivity index (χ2n) is 3.70. The number of hydrogen-bond acceptors (Lipinski definition) is 2. The van der Waals surface area contributed by atoms with Gasteiger partial charge in [-0.3, -0.25) is 9.59 Å². The minimum absolute atomic E-state index is 0.00678. The van der Waals surface area contributed by atoms with Gasteiger partial charge in [-0.05, 0) is 40.2 Å². The lowest BCUT2D eigenvalue weighted by Crippen LogP contribution is -2.27. The number of para-hydroxylation sites is 1. The Morgan fingerprint density at radius 1 is 1.17 bits per heavy atom. The van der Waals surface area contributed by atoms with E-state index in [-0.39, 0.29) is 18.0 Å². The van der Waals surface area contributed by atoms with Crippen molar-refractivity contribution in [1.82, 2.24) is 4.57 Å². The van der Waals surface area contributed by atoms with Gasteiger partial charge >= 0.3 is 0 Å². The van der Waals surface area contributed by atoms with Gasteiger partial charge in [-0.2, -0.15) is 0 Å². The van der Waals surface area contributed by atoms with Gasteiger partial charge in [0, 0.05) is 11.9 Å². The van der Waals surface area contributed by atoms with E-state index >= 15 is 0 Å². The normalized spacial score (nSPS) is 10.1. The molecule has 92 valence electrons. The van der Waals surface area contributed by atoms with Gasteiger partial charge in [0.2, 0.25) is 5.91 Å². The first kappa shape index (κ1) is 12.6. The lowest BCUT2D eigenvalue weighted by Gasteiger charge is -2.07. The van der Waals surface area contributed by atoms with Gasteiger partial charge in [-0.15, -0.1) is 0 Å². The third kappa shape index (κ3) is 3.07. The first-order valence-electron chi connectivity index (χ1n) is 5.36. The van der Waals surface area contributed by atoms with Crippen LogP contribution in [0, 0.1) is 0 Å². The molecule has 0 aliphatic heterocycles. The monoisotopic (exact) mass is 306 g/mol. The van der Waals surface area contributed by atoms with E-state index < -0.39 is 0 Å². The lowest BCUT2D eigenvalue weighted by atomic mass is 10.3. The molecule has 1 amide bonds. The van der Waals surface area contributed by atoms with Crippen LogP contribution in [0.4, 0.5) is 5.69 Å². The van der Waals surface area contributed by atoms with Crippen molar-refractivity contribution in [3.8, 4) is 0 Å². The summed E-state index contributed by atoms with van der Waals surface area (Å²) in [5, 5.41) is 2.72. The third-order valence-corrected chi connectivity index (χ3v) is 2.95. The van der Waals surface area contributed by atoms with Gasteiger partial charge in [0.05, 0.1) is 4.47 Å². The number of hydrogen-bond donors (Lipinski definition) is 1. The second kappa shape index (κ2) is 5.64. The maximum atomic E-state index is 11.8. The molecule has 0 saturated carbocycles. The number of rotatable bonds is 3. The highest BCUT2D eigenvalue weighted by Crippen LogP contribution is 2.05. The molecule has 2 rings (SSSR count). The zero-order valence-corrected chi connectivity index (χ0v) is 11.1. The standard InChI is InChI=1S/C13H11BrN2O2/c14-11-7-4-8-16(13(11)18)9-12(17)15-10-5-2-1-3-6-10/h1-8H,9H2,(H,15,17). The highest BCUT2D eigenvalue weighted by Gasteiger charge is 2.06. The summed E-state index contributed by atoms with van der Waals surface area (Å²) in [5.74, 6) is -0.235. The molecule has 2 aromatic rings. The van der Waals surface area contributed by atoms with E-state index in [4.69, 9.17) is 0 Å². The van der Waals surface area contributed by atoms with Crippen LogP contribution < -0.4 is 10.9 Å². The van der Waals surface area contributed by atoms with Crippen LogP contribution in [-0.4, -0.2) is 10.5 Å². The van der Waals surface area contributed by atoms with E-state index in [1.165, 1.54) is 4.57 Å². The Morgan fingerprint density at radius 2 is 1.89 bits per heavy atom. The highest BCUT2D eigenvalue weighted by atomic mass is 79.9. The summed E-state index contributed by atoms with van der Waals surface area (Å²) in [4.78, 5) is 23.5. The molecule has 0 aliphatic carbocycles. The first-order valence-corrected chi connectivity index (χ1v) is 6.16. The van der Waals surface area contributed by atoms with Gasteiger partial charge < -0.3 is 9.88 Å². The molecular formula is C13H11BrN2O2. The molecule has 1 aromatic heterocycles. The molecule has 18 heavy (non-hydrogen) atoms. The van der Waals surface area contributed by atoms with Crippen LogP contribution >= 0.6 is 15.9 Å². The summed E-state index contributed by atoms with van der Waals surface area (Å²) in [5.41, 5.74) is 0.492. The zero-order chi connectivity index (χ0) is 13.0. The summed E-state index contributed by atoms with van der Waals surface area (Å²) < 4.78 is 1.79. The van der Waals surface area contributed by atoms with Crippen molar-refractivity contribution in [2.75, 3.05) is 5.32 Å². The molecule has 5 heteroatoms. The van der Waals surface area contributed by atoms with E-state index in [2.05, 4.69) is 21.2 Å². The van der Waals surface area contributed by atoms with Gasteiger partial charge in [0.25, 0.3) is 5.56 Å². The maximum Gasteiger partial charge on any atom is 0.265 e. The van der Waals surface area contributed by atoms with Crippen LogP contribution in [-0.2, 0) is 11.3 Å². The minimum atomic E-state index is -0.235. The molecule has 0 unspecified atom stereocenters. The van der Waals surface area contributed by atoms with Crippen molar-refractivity contribution < 1.29 is 4.79 Å². The van der Waals surface area contributed by atoms with E-state index in [0.29, 0.717) is 10.2 Å². The first-order chi connectivity index (χ1) is 8.66. The highest BCUT2D eigenvalue weighted by molar-refractivity contribution is 9.10. The Balaban J connectivity index is 2.08. The van der Waals surface area contributed by atoms with Crippen LogP contribution in [0.3, 0.4) is 0 Å². The Bertz CT molecular complexity index is 608. The number of benzene rings is 1. The fourth-order valence-electron chi connectivity index (χ4n) is 1.51. The molecule has 0 bridgehead atoms. The van der Waals surface area contributed by atoms with E-state index in [0.717, 1.165) is 0 Å². The Hall–Kier alpha value is -1.88. The number of aromatic nitrogens is 1. The Kier molecular flexibility index (Phi) is 3.94. The van der Waals surface area contributed by atoms with E-state index in [1.807, 2.05) is 18.2 Å². The predicted octanol–water partition coefficient (Wildman–Crippen LogP) is 2.25. The van der Waals surface area contributed by atoms with Crippen molar-refractivity contribution >= 4 is 27.5 Å². The molecule has 0 atom stereocenters. The SMILES string of the molecule is O=C(Cn1cccc(Br)c1=O)Nc1ccccc1. The quantitative estimate of drug-likeness (QED) is 0.945. The largest absolute Gasteiger partial charge is 0.325 e. The number of halogens is 1. The van der Waals surface area contributed by atoms with Crippen molar-refractivity contribution in [2.24, 2.45) is 0 Å². The van der Waals surface area contributed by atoms with Crippen LogP contribution in [0.25, 0.3) is 0 Å². The summed E-state index contributed by atoms with van der Waals surface area (Å²) in [6.45, 7) is -0.00678. The van der Waals surface area contributed by atoms with Crippen molar-refractivity contribution in [3.05, 3.63) is 63.5 Å². The number of nitrogens with one attached hydrogen (secondary N) is 1. The average Bonchev–Trinajstić information content (AvgIpc) is 2.36. The molecule has 0 aliphatic rings. The van der Waals surface area contributed by atoms with Crippen LogP contribution in [0.1, 0.15) is 0 Å². The fraction of sp³-hybridized carbons (Fsp3) is 0.0769. The fourth-order valence-corrected chi connectivity index (χ4v) is 1.89. The van der Waals surface area contributed by atoms with Gasteiger partial charge in [-0.25, -0.2) is 0 Å². The number of nitrogens with zero attached hydrogens (tertiary/aromatic N) is 1. The Morgan fingerprint density at radius 3 is 2.61 bits per heavy atom. The number of amides is 1. The van der Waals surface area contributed by atoms with Crippen molar-refractivity contribution in [3.63, 3.8) is 0 Å². The van der Waals surface area contributed by atoms with Crippen LogP contribution in [0.15, 0.2) is 57.9 Å². The van der Waals surface area contributed by atoms with Crippen LogP contribution in [0.2, 0.25) is 0 Å². The molecule has 1 aromatic carbocycles. The number of pyridine rings is 1. The maximum absolute atomic E-state index is 11.8. The van der Waals surface area contributed by atoms with Crippen molar-refractivity contribution in [1.29, 1.82) is 0 Å². The molecule has 4 nitrogen and oxygen atoms in total. The summed E-state index contributed by atoms with van der Waals surface area (Å²) in [6.07, 6.45) is 1.58. The second-order valence-corrected chi connectivity index (χ2v) is 4.56. The third-order valence-electron chi connectivity index (χ3n) is 2.35. The van der Waals surface area contributed by atoms with Crippen molar-refractivity contribution in [2.45, 2.75) is 6.54 Å². The van der Waals surface area contributed by atoms with Gasteiger partial charge in [0.1, 0.15) is 6.54 Å². The summed E-state index contributed by atoms with van der Waals surface area (Å²) >= 11 is 3.14. The molecule has 0 spiro atoms. The zero-order valence-electron chi connectivity index (χ0n) is 9.47. The predicted molar refractivity (Wildman–Crippen MR) is 73.5 cm³/mol. The Labute approximate surface area is 112 Å². The van der Waals surface area contributed by atoms with Gasteiger partial charge in [-0.1, -0.05) is 18.2 Å². The molecule has 0 fully saturated rings. The minimum Gasteiger partial charge on any atom is -0.325 e. The average molecular weight is 307 g/mol. The smallest absolute Gasteiger partial charge is 0.265 e. The number of carbonyl (C=O) groups is 1. The summed E-state index contributed by atoms with van der Waals surface area (Å²) in [7, 11) is 0. The van der Waals surface area contributed by atoms with E-state index in [1.54, 1.807) is 30.5 Å². The molecular weight excluding hydrogens is 296 g/mol. The summed E-state index contributed by atoms with van der Waals surface area (Å²) in [6, 6.07) is 12.5. The molecule has 1 N–H and O–H groups in total. The topological polar surface area (TPSA) is 51.1 Å². The van der Waals surface area contributed by atoms with Crippen LogP contribution in [0.5, 0.6) is 0 Å². The molecule has 0 saturated heterocycles. The number of carbonyl (C=O) groups excluding carboxylic acids is 1. The van der Waals surface area contributed by atoms with Gasteiger partial charge in [0.15, 0.2) is 0 Å². The molecule has 1 heterocycles. The molecule has 0 radical (unpaired) electrons.